The molecule has 0 saturated carbocycles. The summed E-state index contributed by atoms with van der Waals surface area (Å²) in [4.78, 5) is 30.0. The number of hydrogen-bond acceptors (Lipinski definition) is 6. The van der Waals surface area contributed by atoms with Crippen molar-refractivity contribution in [3.63, 3.8) is 0 Å². The van der Waals surface area contributed by atoms with Gasteiger partial charge >= 0.3 is 0 Å². The van der Waals surface area contributed by atoms with Gasteiger partial charge < -0.3 is 14.7 Å². The van der Waals surface area contributed by atoms with Crippen molar-refractivity contribution in [3.8, 4) is 0 Å². The fourth-order valence-corrected chi connectivity index (χ4v) is 4.22. The van der Waals surface area contributed by atoms with Crippen molar-refractivity contribution in [2.45, 2.75) is 18.9 Å². The number of benzene rings is 1. The van der Waals surface area contributed by atoms with Gasteiger partial charge in [-0.15, -0.1) is 0 Å². The maximum absolute atomic E-state index is 12.5. The first-order valence-electron chi connectivity index (χ1n) is 9.70. The normalized spacial score (nSPS) is 21.7. The van der Waals surface area contributed by atoms with Gasteiger partial charge in [-0.1, -0.05) is 0 Å². The molecule has 1 aromatic carbocycles. The van der Waals surface area contributed by atoms with Crippen LogP contribution in [-0.2, 0) is 4.79 Å². The molecule has 0 aliphatic carbocycles. The molecule has 2 fully saturated rings. The third-order valence-corrected chi connectivity index (χ3v) is 5.77. The standard InChI is InChI=1S/C20H28N6O/c1-23(2)19-16-13-15(6-7-17(16)21-14-22-19)25-9-11-26(12-10-25)18-5-4-8-24(3)20(18)27/h6-7,13-14,18H,4-5,8-12H2,1-3H3. The molecule has 1 atom stereocenters. The molecule has 2 aliphatic heterocycles. The predicted molar refractivity (Wildman–Crippen MR) is 108 cm³/mol. The quantitative estimate of drug-likeness (QED) is 0.817. The number of carbonyl (C=O) groups excluding carboxylic acids is 1. The highest BCUT2D eigenvalue weighted by Crippen LogP contribution is 2.28. The lowest BCUT2D eigenvalue weighted by molar-refractivity contribution is -0.138. The van der Waals surface area contributed by atoms with E-state index in [1.54, 1.807) is 6.33 Å². The minimum atomic E-state index is 0.0660. The van der Waals surface area contributed by atoms with Crippen LogP contribution in [0.3, 0.4) is 0 Å². The van der Waals surface area contributed by atoms with Crippen LogP contribution in [0.1, 0.15) is 12.8 Å². The zero-order valence-electron chi connectivity index (χ0n) is 16.4. The maximum atomic E-state index is 12.5. The Balaban J connectivity index is 1.50. The Morgan fingerprint density at radius 3 is 2.59 bits per heavy atom. The molecule has 0 spiro atoms. The van der Waals surface area contributed by atoms with E-state index >= 15 is 0 Å². The lowest BCUT2D eigenvalue weighted by Gasteiger charge is -2.42. The Bertz CT molecular complexity index is 830. The second-order valence-electron chi connectivity index (χ2n) is 7.73. The van der Waals surface area contributed by atoms with Crippen LogP contribution in [0.25, 0.3) is 10.9 Å². The van der Waals surface area contributed by atoms with Crippen LogP contribution in [-0.4, -0.2) is 85.6 Å². The third kappa shape index (κ3) is 3.43. The van der Waals surface area contributed by atoms with Gasteiger partial charge in [-0.25, -0.2) is 9.97 Å². The van der Waals surface area contributed by atoms with Gasteiger partial charge in [-0.3, -0.25) is 9.69 Å². The smallest absolute Gasteiger partial charge is 0.239 e. The molecule has 0 bridgehead atoms. The Hall–Kier alpha value is -2.41. The van der Waals surface area contributed by atoms with E-state index in [4.69, 9.17) is 0 Å². The average Bonchev–Trinajstić information content (AvgIpc) is 2.69. The van der Waals surface area contributed by atoms with E-state index in [0.717, 1.165) is 62.3 Å². The average molecular weight is 368 g/mol. The largest absolute Gasteiger partial charge is 0.369 e. The fourth-order valence-electron chi connectivity index (χ4n) is 4.22. The zero-order valence-corrected chi connectivity index (χ0v) is 16.4. The second-order valence-corrected chi connectivity index (χ2v) is 7.73. The number of aromatic nitrogens is 2. The minimum Gasteiger partial charge on any atom is -0.369 e. The molecule has 4 rings (SSSR count). The van der Waals surface area contributed by atoms with Crippen molar-refractivity contribution in [1.82, 2.24) is 19.8 Å². The first kappa shape index (κ1) is 18.0. The first-order chi connectivity index (χ1) is 13.0. The van der Waals surface area contributed by atoms with E-state index in [-0.39, 0.29) is 11.9 Å². The van der Waals surface area contributed by atoms with E-state index in [1.165, 1.54) is 5.69 Å². The molecule has 2 saturated heterocycles. The summed E-state index contributed by atoms with van der Waals surface area (Å²) in [6, 6.07) is 6.48. The molecule has 144 valence electrons. The van der Waals surface area contributed by atoms with Crippen LogP contribution in [0.5, 0.6) is 0 Å². The highest BCUT2D eigenvalue weighted by Gasteiger charge is 2.33. The van der Waals surface area contributed by atoms with E-state index in [0.29, 0.717) is 0 Å². The van der Waals surface area contributed by atoms with Crippen LogP contribution in [0.4, 0.5) is 11.5 Å². The molecule has 2 aromatic rings. The highest BCUT2D eigenvalue weighted by atomic mass is 16.2. The number of piperidine rings is 1. The summed E-state index contributed by atoms with van der Waals surface area (Å²) in [5.41, 5.74) is 2.17. The molecular formula is C20H28N6O. The number of amides is 1. The van der Waals surface area contributed by atoms with Gasteiger partial charge in [0.05, 0.1) is 11.6 Å². The zero-order chi connectivity index (χ0) is 19.0. The molecule has 2 aliphatic rings. The molecule has 1 amide bonds. The molecule has 7 nitrogen and oxygen atoms in total. The Kier molecular flexibility index (Phi) is 4.86. The van der Waals surface area contributed by atoms with Crippen molar-refractivity contribution < 1.29 is 4.79 Å². The maximum Gasteiger partial charge on any atom is 0.239 e. The number of carbonyl (C=O) groups is 1. The van der Waals surface area contributed by atoms with Crippen LogP contribution in [0, 0.1) is 0 Å². The molecule has 27 heavy (non-hydrogen) atoms. The molecule has 1 aromatic heterocycles. The molecular weight excluding hydrogens is 340 g/mol. The summed E-state index contributed by atoms with van der Waals surface area (Å²) in [5.74, 6) is 1.23. The highest BCUT2D eigenvalue weighted by molar-refractivity contribution is 5.91. The summed E-state index contributed by atoms with van der Waals surface area (Å²) >= 11 is 0. The number of nitrogens with zero attached hydrogens (tertiary/aromatic N) is 6. The summed E-state index contributed by atoms with van der Waals surface area (Å²) < 4.78 is 0. The Morgan fingerprint density at radius 1 is 1.07 bits per heavy atom. The lowest BCUT2D eigenvalue weighted by Crippen LogP contribution is -2.57. The molecule has 0 N–H and O–H groups in total. The van der Waals surface area contributed by atoms with Crippen molar-refractivity contribution in [1.29, 1.82) is 0 Å². The molecule has 0 radical (unpaired) electrons. The molecule has 7 heteroatoms. The van der Waals surface area contributed by atoms with Gasteiger partial charge in [-0.05, 0) is 31.0 Å². The Morgan fingerprint density at radius 2 is 1.85 bits per heavy atom. The first-order valence-corrected chi connectivity index (χ1v) is 9.70. The number of likely N-dealkylation sites (N-methyl/N-ethyl adjacent to an activating group) is 1. The van der Waals surface area contributed by atoms with Crippen LogP contribution in [0.2, 0.25) is 0 Å². The van der Waals surface area contributed by atoms with Gasteiger partial charge in [0.25, 0.3) is 0 Å². The summed E-state index contributed by atoms with van der Waals surface area (Å²) in [5, 5.41) is 1.08. The van der Waals surface area contributed by atoms with Crippen LogP contribution in [0.15, 0.2) is 24.5 Å². The second kappa shape index (κ2) is 7.31. The van der Waals surface area contributed by atoms with Gasteiger partial charge in [0.1, 0.15) is 12.1 Å². The van der Waals surface area contributed by atoms with E-state index in [2.05, 4.69) is 38.0 Å². The monoisotopic (exact) mass is 368 g/mol. The fraction of sp³-hybridized carbons (Fsp3) is 0.550. The van der Waals surface area contributed by atoms with Crippen molar-refractivity contribution in [2.75, 3.05) is 63.7 Å². The van der Waals surface area contributed by atoms with Gasteiger partial charge in [-0.2, -0.15) is 0 Å². The number of hydrogen-bond donors (Lipinski definition) is 0. The summed E-state index contributed by atoms with van der Waals surface area (Å²) in [6.07, 6.45) is 3.71. The SMILES string of the molecule is CN1CCCC(N2CCN(c3ccc4ncnc(N(C)C)c4c3)CC2)C1=O. The van der Waals surface area contributed by atoms with Gasteiger partial charge in [0, 0.05) is 64.9 Å². The predicted octanol–water partition coefficient (Wildman–Crippen LogP) is 1.44. The Labute approximate surface area is 160 Å². The topological polar surface area (TPSA) is 55.8 Å². The van der Waals surface area contributed by atoms with Crippen molar-refractivity contribution in [3.05, 3.63) is 24.5 Å². The minimum absolute atomic E-state index is 0.0660. The molecule has 1 unspecified atom stereocenters. The summed E-state index contributed by atoms with van der Waals surface area (Å²) in [6.45, 7) is 4.61. The number of fused-ring (bicyclic) bond motifs is 1. The third-order valence-electron chi connectivity index (χ3n) is 5.77. The van der Waals surface area contributed by atoms with Crippen molar-refractivity contribution in [2.24, 2.45) is 0 Å². The number of piperazine rings is 1. The van der Waals surface area contributed by atoms with Crippen LogP contribution >= 0.6 is 0 Å². The van der Waals surface area contributed by atoms with Gasteiger partial charge in [0.15, 0.2) is 0 Å². The number of likely N-dealkylation sites (tertiary alicyclic amines) is 1. The van der Waals surface area contributed by atoms with E-state index in [9.17, 15) is 4.79 Å². The van der Waals surface area contributed by atoms with Crippen molar-refractivity contribution >= 4 is 28.3 Å². The number of anilines is 2. The van der Waals surface area contributed by atoms with E-state index in [1.807, 2.05) is 30.9 Å². The van der Waals surface area contributed by atoms with Crippen LogP contribution < -0.4 is 9.80 Å². The number of rotatable bonds is 3. The van der Waals surface area contributed by atoms with Gasteiger partial charge in [0.2, 0.25) is 5.91 Å². The van der Waals surface area contributed by atoms with E-state index < -0.39 is 0 Å². The summed E-state index contributed by atoms with van der Waals surface area (Å²) in [7, 11) is 5.93. The molecule has 3 heterocycles. The lowest BCUT2D eigenvalue weighted by atomic mass is 10.0.